The maximum Gasteiger partial charge on any atom is 0.122 e. The molecule has 20 heavy (non-hydrogen) atoms. The quantitative estimate of drug-likeness (QED) is 0.858. The number of nitrogens with zero attached hydrogens (tertiary/aromatic N) is 1. The summed E-state index contributed by atoms with van der Waals surface area (Å²) < 4.78 is 6.04. The molecule has 110 valence electrons. The summed E-state index contributed by atoms with van der Waals surface area (Å²) in [5, 5.41) is 12.3. The van der Waals surface area contributed by atoms with Gasteiger partial charge < -0.3 is 10.1 Å². The number of nitrogens with one attached hydrogen (secondary N) is 1. The van der Waals surface area contributed by atoms with Gasteiger partial charge in [-0.3, -0.25) is 0 Å². The lowest BCUT2D eigenvalue weighted by Crippen LogP contribution is -2.41. The third kappa shape index (κ3) is 4.25. The Labute approximate surface area is 123 Å². The summed E-state index contributed by atoms with van der Waals surface area (Å²) in [6.45, 7) is 10.3. The van der Waals surface area contributed by atoms with E-state index in [-0.39, 0.29) is 6.10 Å². The fraction of sp³-hybridized carbons (Fsp3) is 0.588. The Balaban J connectivity index is 2.83. The van der Waals surface area contributed by atoms with E-state index in [2.05, 4.69) is 43.4 Å². The fourth-order valence-corrected chi connectivity index (χ4v) is 2.14. The lowest BCUT2D eigenvalue weighted by atomic mass is 9.96. The molecule has 3 nitrogen and oxygen atoms in total. The zero-order chi connectivity index (χ0) is 15.3. The van der Waals surface area contributed by atoms with Crippen LogP contribution in [-0.4, -0.2) is 18.7 Å². The number of hydrogen-bond donors (Lipinski definition) is 1. The minimum atomic E-state index is -0.553. The van der Waals surface area contributed by atoms with E-state index < -0.39 is 5.54 Å². The smallest absolute Gasteiger partial charge is 0.122 e. The Morgan fingerprint density at radius 3 is 2.50 bits per heavy atom. The summed E-state index contributed by atoms with van der Waals surface area (Å²) in [4.78, 5) is 0. The first-order valence-electron chi connectivity index (χ1n) is 7.18. The topological polar surface area (TPSA) is 45.0 Å². The van der Waals surface area contributed by atoms with Gasteiger partial charge in [-0.2, -0.15) is 5.26 Å². The molecule has 1 aromatic rings. The third-order valence-corrected chi connectivity index (χ3v) is 3.70. The zero-order valence-electron chi connectivity index (χ0n) is 13.4. The highest BCUT2D eigenvalue weighted by Crippen LogP contribution is 2.26. The lowest BCUT2D eigenvalue weighted by molar-refractivity contribution is 0.181. The van der Waals surface area contributed by atoms with Crippen molar-refractivity contribution in [1.29, 1.82) is 5.26 Å². The average molecular weight is 274 g/mol. The van der Waals surface area contributed by atoms with Gasteiger partial charge in [0.2, 0.25) is 0 Å². The van der Waals surface area contributed by atoms with E-state index in [1.807, 2.05) is 20.8 Å². The number of aryl methyl sites for hydroxylation is 1. The number of hydrogen-bond acceptors (Lipinski definition) is 3. The van der Waals surface area contributed by atoms with Crippen LogP contribution in [0, 0.1) is 18.3 Å². The van der Waals surface area contributed by atoms with Gasteiger partial charge in [0.1, 0.15) is 11.3 Å². The van der Waals surface area contributed by atoms with Gasteiger partial charge in [-0.1, -0.05) is 26.0 Å². The third-order valence-electron chi connectivity index (χ3n) is 3.70. The van der Waals surface area contributed by atoms with E-state index in [0.29, 0.717) is 12.3 Å². The Hall–Kier alpha value is -1.53. The number of nitriles is 1. The summed E-state index contributed by atoms with van der Waals surface area (Å²) in [5.41, 5.74) is 1.85. The molecule has 0 saturated carbocycles. The Morgan fingerprint density at radius 1 is 1.35 bits per heavy atom. The molecule has 0 saturated heterocycles. The molecule has 0 fully saturated rings. The van der Waals surface area contributed by atoms with E-state index in [1.165, 1.54) is 5.56 Å². The summed E-state index contributed by atoms with van der Waals surface area (Å²) in [5.74, 6) is 1.40. The van der Waals surface area contributed by atoms with Gasteiger partial charge in [0.25, 0.3) is 0 Å². The highest BCUT2D eigenvalue weighted by Gasteiger charge is 2.25. The summed E-state index contributed by atoms with van der Waals surface area (Å²) in [6, 6.07) is 8.65. The van der Waals surface area contributed by atoms with Crippen LogP contribution in [0.4, 0.5) is 0 Å². The van der Waals surface area contributed by atoms with Gasteiger partial charge in [0.15, 0.2) is 0 Å². The number of ether oxygens (including phenoxy) is 1. The molecule has 2 atom stereocenters. The zero-order valence-corrected chi connectivity index (χ0v) is 13.4. The van der Waals surface area contributed by atoms with Gasteiger partial charge in [-0.05, 0) is 50.9 Å². The predicted octanol–water partition coefficient (Wildman–Crippen LogP) is 3.78. The van der Waals surface area contributed by atoms with Gasteiger partial charge in [0.05, 0.1) is 12.2 Å². The van der Waals surface area contributed by atoms with E-state index in [1.54, 1.807) is 7.05 Å². The molecule has 1 N–H and O–H groups in total. The van der Waals surface area contributed by atoms with Crippen molar-refractivity contribution in [1.82, 2.24) is 5.32 Å². The molecular weight excluding hydrogens is 248 g/mol. The molecule has 1 rings (SSSR count). The van der Waals surface area contributed by atoms with Crippen LogP contribution in [-0.2, 0) is 0 Å². The van der Waals surface area contributed by atoms with Gasteiger partial charge in [-0.25, -0.2) is 0 Å². The molecule has 0 aliphatic rings. The predicted molar refractivity (Wildman–Crippen MR) is 83.1 cm³/mol. The first kappa shape index (κ1) is 16.5. The summed E-state index contributed by atoms with van der Waals surface area (Å²) >= 11 is 0. The van der Waals surface area contributed by atoms with Crippen LogP contribution < -0.4 is 10.1 Å². The largest absolute Gasteiger partial charge is 0.490 e. The van der Waals surface area contributed by atoms with Crippen LogP contribution in [0.5, 0.6) is 5.75 Å². The monoisotopic (exact) mass is 274 g/mol. The van der Waals surface area contributed by atoms with Crippen molar-refractivity contribution in [2.45, 2.75) is 58.6 Å². The Kier molecular flexibility index (Phi) is 5.59. The second kappa shape index (κ2) is 6.76. The molecule has 0 aromatic heterocycles. The highest BCUT2D eigenvalue weighted by molar-refractivity contribution is 5.38. The first-order valence-corrected chi connectivity index (χ1v) is 7.18. The molecule has 1 aromatic carbocycles. The summed E-state index contributed by atoms with van der Waals surface area (Å²) in [6.07, 6.45) is 0.624. The SMILES string of the molecule is CNC(C)(C#N)CC(C)Oc1cc(C(C)C)ccc1C. The minimum absolute atomic E-state index is 0.0202. The van der Waals surface area contributed by atoms with Crippen molar-refractivity contribution in [2.75, 3.05) is 7.05 Å². The Bertz CT molecular complexity index is 490. The van der Waals surface area contributed by atoms with Crippen LogP contribution in [0.3, 0.4) is 0 Å². The molecule has 3 heteroatoms. The van der Waals surface area contributed by atoms with Gasteiger partial charge in [-0.15, -0.1) is 0 Å². The van der Waals surface area contributed by atoms with Crippen LogP contribution >= 0.6 is 0 Å². The molecule has 2 unspecified atom stereocenters. The maximum absolute atomic E-state index is 9.20. The minimum Gasteiger partial charge on any atom is -0.490 e. The van der Waals surface area contributed by atoms with Crippen molar-refractivity contribution in [2.24, 2.45) is 0 Å². The van der Waals surface area contributed by atoms with Gasteiger partial charge in [0, 0.05) is 6.42 Å². The highest BCUT2D eigenvalue weighted by atomic mass is 16.5. The molecule has 0 aliphatic heterocycles. The fourth-order valence-electron chi connectivity index (χ4n) is 2.14. The first-order chi connectivity index (χ1) is 9.31. The van der Waals surface area contributed by atoms with Crippen molar-refractivity contribution in [3.05, 3.63) is 29.3 Å². The van der Waals surface area contributed by atoms with Crippen molar-refractivity contribution in [3.8, 4) is 11.8 Å². The summed E-state index contributed by atoms with van der Waals surface area (Å²) in [7, 11) is 1.81. The second-order valence-electron chi connectivity index (χ2n) is 6.01. The van der Waals surface area contributed by atoms with Crippen molar-refractivity contribution < 1.29 is 4.74 Å². The molecule has 0 spiro atoms. The number of benzene rings is 1. The van der Waals surface area contributed by atoms with E-state index >= 15 is 0 Å². The van der Waals surface area contributed by atoms with E-state index in [0.717, 1.165) is 11.3 Å². The average Bonchev–Trinajstić information content (AvgIpc) is 2.40. The molecule has 0 aliphatic carbocycles. The van der Waals surface area contributed by atoms with Crippen LogP contribution in [0.15, 0.2) is 18.2 Å². The molecular formula is C17H26N2O. The lowest BCUT2D eigenvalue weighted by Gasteiger charge is -2.26. The van der Waals surface area contributed by atoms with Crippen LogP contribution in [0.1, 0.15) is 51.2 Å². The van der Waals surface area contributed by atoms with E-state index in [4.69, 9.17) is 4.74 Å². The van der Waals surface area contributed by atoms with Crippen LogP contribution in [0.2, 0.25) is 0 Å². The normalized spacial score (nSPS) is 15.5. The second-order valence-corrected chi connectivity index (χ2v) is 6.01. The molecule has 0 bridgehead atoms. The standard InChI is InChI=1S/C17H26N2O/c1-12(2)15-8-7-13(3)16(9-15)20-14(4)10-17(5,11-18)19-6/h7-9,12,14,19H,10H2,1-6H3. The molecule has 0 amide bonds. The van der Waals surface area contributed by atoms with Crippen molar-refractivity contribution >= 4 is 0 Å². The number of rotatable bonds is 6. The maximum atomic E-state index is 9.20. The van der Waals surface area contributed by atoms with Crippen molar-refractivity contribution in [3.63, 3.8) is 0 Å². The van der Waals surface area contributed by atoms with Crippen LogP contribution in [0.25, 0.3) is 0 Å². The van der Waals surface area contributed by atoms with Gasteiger partial charge >= 0.3 is 0 Å². The Morgan fingerprint density at radius 2 is 2.00 bits per heavy atom. The molecule has 0 radical (unpaired) electrons. The molecule has 0 heterocycles. The van der Waals surface area contributed by atoms with E-state index in [9.17, 15) is 5.26 Å².